The number of benzene rings is 2. The molecule has 13 heteroatoms. The number of anilines is 1. The minimum atomic E-state index is -0.563. The topological polar surface area (TPSA) is 95.3 Å². The zero-order chi connectivity index (χ0) is 27.4. The first-order valence-corrected chi connectivity index (χ1v) is 13.7. The molecule has 4 rings (SSSR count). The van der Waals surface area contributed by atoms with E-state index in [1.807, 2.05) is 0 Å². The fourth-order valence-electron chi connectivity index (χ4n) is 3.51. The van der Waals surface area contributed by atoms with Gasteiger partial charge in [-0.2, -0.15) is 0 Å². The molecule has 1 atom stereocenters. The number of rotatable bonds is 9. The van der Waals surface area contributed by atoms with E-state index < -0.39 is 17.9 Å². The predicted molar refractivity (Wildman–Crippen MR) is 147 cm³/mol. The summed E-state index contributed by atoms with van der Waals surface area (Å²) in [4.78, 5) is 25.3. The molecule has 0 spiro atoms. The van der Waals surface area contributed by atoms with E-state index in [0.717, 1.165) is 11.6 Å². The van der Waals surface area contributed by atoms with Gasteiger partial charge in [-0.25, -0.2) is 9.18 Å². The van der Waals surface area contributed by atoms with Crippen LogP contribution in [0.4, 0.5) is 9.39 Å². The van der Waals surface area contributed by atoms with Crippen LogP contribution in [0.1, 0.15) is 29.2 Å². The first-order chi connectivity index (χ1) is 18.2. The van der Waals surface area contributed by atoms with Crippen LogP contribution < -0.4 is 10.1 Å². The van der Waals surface area contributed by atoms with Gasteiger partial charge in [0.25, 0.3) is 0 Å². The maximum absolute atomic E-state index is 13.3. The molecule has 0 saturated heterocycles. The molecule has 8 nitrogen and oxygen atoms in total. The summed E-state index contributed by atoms with van der Waals surface area (Å²) in [5, 5.41) is 14.5. The molecule has 2 aromatic carbocycles. The first kappa shape index (κ1) is 27.9. The number of halogens is 3. The van der Waals surface area contributed by atoms with E-state index >= 15 is 0 Å². The van der Waals surface area contributed by atoms with Gasteiger partial charge in [0.1, 0.15) is 22.1 Å². The molecule has 38 heavy (non-hydrogen) atoms. The largest absolute Gasteiger partial charge is 0.481 e. The van der Waals surface area contributed by atoms with Crippen molar-refractivity contribution < 1.29 is 23.5 Å². The Morgan fingerprint density at radius 1 is 1.18 bits per heavy atom. The molecule has 0 radical (unpaired) electrons. The van der Waals surface area contributed by atoms with Crippen molar-refractivity contribution in [3.05, 3.63) is 75.1 Å². The van der Waals surface area contributed by atoms with Gasteiger partial charge in [-0.05, 0) is 42.8 Å². The van der Waals surface area contributed by atoms with Crippen molar-refractivity contribution >= 4 is 63.2 Å². The Kier molecular flexibility index (Phi) is 8.93. The molecule has 0 aliphatic heterocycles. The number of thiophene rings is 1. The fraction of sp³-hybridized carbons (Fsp3) is 0.200. The van der Waals surface area contributed by atoms with Gasteiger partial charge in [0.15, 0.2) is 17.1 Å². The molecule has 4 aromatic rings. The van der Waals surface area contributed by atoms with Gasteiger partial charge < -0.3 is 19.4 Å². The molecule has 1 N–H and O–H groups in total. The van der Waals surface area contributed by atoms with Crippen LogP contribution in [0.2, 0.25) is 10.0 Å². The lowest BCUT2D eigenvalue weighted by atomic mass is 10.0. The average molecular weight is 596 g/mol. The quantitative estimate of drug-likeness (QED) is 0.171. The summed E-state index contributed by atoms with van der Waals surface area (Å²) in [6, 6.07) is 10.9. The predicted octanol–water partition coefficient (Wildman–Crippen LogP) is 6.65. The summed E-state index contributed by atoms with van der Waals surface area (Å²) in [5.41, 5.74) is 1.67. The number of esters is 1. The molecular weight excluding hydrogens is 574 g/mol. The van der Waals surface area contributed by atoms with Gasteiger partial charge in [-0.3, -0.25) is 4.79 Å². The minimum Gasteiger partial charge on any atom is -0.481 e. The fourth-order valence-corrected chi connectivity index (χ4v) is 5.54. The molecule has 2 heterocycles. The van der Waals surface area contributed by atoms with Crippen molar-refractivity contribution in [1.82, 2.24) is 14.8 Å². The van der Waals surface area contributed by atoms with E-state index in [4.69, 9.17) is 32.7 Å². The third kappa shape index (κ3) is 6.29. The summed E-state index contributed by atoms with van der Waals surface area (Å²) < 4.78 is 25.8. The van der Waals surface area contributed by atoms with E-state index in [0.29, 0.717) is 32.3 Å². The second kappa shape index (κ2) is 12.2. The standard InChI is InChI=1S/C25H21Cl2FN4O4S2/c1-13(36-19-9-8-16(28)10-18(19)27)22-30-31-25(32(22)2)38-12-20(33)29-23-21(24(34)35-3)17(11-37-23)14-4-6-15(26)7-5-14/h4-11,13H,12H2,1-3H3,(H,29,33). The summed E-state index contributed by atoms with van der Waals surface area (Å²) in [7, 11) is 3.03. The van der Waals surface area contributed by atoms with Crippen LogP contribution in [0.15, 0.2) is 53.0 Å². The van der Waals surface area contributed by atoms with Crippen LogP contribution in [0.5, 0.6) is 5.75 Å². The number of thioether (sulfide) groups is 1. The van der Waals surface area contributed by atoms with Crippen LogP contribution in [-0.2, 0) is 16.6 Å². The SMILES string of the molecule is COC(=O)c1c(-c2ccc(Cl)cc2)csc1NC(=O)CSc1nnc(C(C)Oc2ccc(F)cc2Cl)n1C. The Labute approximate surface area is 236 Å². The lowest BCUT2D eigenvalue weighted by Crippen LogP contribution is -2.16. The second-order valence-corrected chi connectivity index (χ2v) is 10.6. The minimum absolute atomic E-state index is 0.0137. The summed E-state index contributed by atoms with van der Waals surface area (Å²) in [5.74, 6) is -0.545. The lowest BCUT2D eigenvalue weighted by molar-refractivity contribution is -0.113. The van der Waals surface area contributed by atoms with E-state index in [9.17, 15) is 14.0 Å². The second-order valence-electron chi connectivity index (χ2n) is 7.92. The van der Waals surface area contributed by atoms with E-state index in [1.165, 1.54) is 42.3 Å². The van der Waals surface area contributed by atoms with Gasteiger partial charge in [-0.1, -0.05) is 47.1 Å². The third-order valence-electron chi connectivity index (χ3n) is 5.35. The number of methoxy groups -OCH3 is 1. The van der Waals surface area contributed by atoms with Crippen molar-refractivity contribution in [2.24, 2.45) is 7.05 Å². The molecule has 1 unspecified atom stereocenters. The normalized spacial score (nSPS) is 11.7. The van der Waals surface area contributed by atoms with E-state index in [2.05, 4.69) is 15.5 Å². The van der Waals surface area contributed by atoms with Crippen LogP contribution in [0.25, 0.3) is 11.1 Å². The third-order valence-corrected chi connectivity index (χ3v) is 7.81. The van der Waals surface area contributed by atoms with Crippen molar-refractivity contribution in [2.45, 2.75) is 18.2 Å². The van der Waals surface area contributed by atoms with Gasteiger partial charge >= 0.3 is 5.97 Å². The summed E-state index contributed by atoms with van der Waals surface area (Å²) in [6.45, 7) is 1.76. The van der Waals surface area contributed by atoms with Crippen LogP contribution in [0.3, 0.4) is 0 Å². The van der Waals surface area contributed by atoms with Crippen molar-refractivity contribution in [3.8, 4) is 16.9 Å². The number of carbonyl (C=O) groups is 2. The van der Waals surface area contributed by atoms with Crippen molar-refractivity contribution in [2.75, 3.05) is 18.2 Å². The van der Waals surface area contributed by atoms with Gasteiger partial charge in [0.2, 0.25) is 5.91 Å². The summed E-state index contributed by atoms with van der Waals surface area (Å²) in [6.07, 6.45) is -0.543. The maximum atomic E-state index is 13.3. The zero-order valence-electron chi connectivity index (χ0n) is 20.3. The number of ether oxygens (including phenoxy) is 2. The molecule has 0 aliphatic rings. The van der Waals surface area contributed by atoms with E-state index in [-0.39, 0.29) is 22.2 Å². The highest BCUT2D eigenvalue weighted by Crippen LogP contribution is 2.37. The Morgan fingerprint density at radius 3 is 2.61 bits per heavy atom. The molecular formula is C25H21Cl2FN4O4S2. The summed E-state index contributed by atoms with van der Waals surface area (Å²) >= 11 is 14.4. The number of nitrogens with zero attached hydrogens (tertiary/aromatic N) is 3. The number of amides is 1. The van der Waals surface area contributed by atoms with Crippen molar-refractivity contribution in [1.29, 1.82) is 0 Å². The molecule has 0 aliphatic carbocycles. The molecule has 0 bridgehead atoms. The molecule has 2 aromatic heterocycles. The Balaban J connectivity index is 1.43. The van der Waals surface area contributed by atoms with Crippen LogP contribution in [0, 0.1) is 5.82 Å². The maximum Gasteiger partial charge on any atom is 0.341 e. The zero-order valence-corrected chi connectivity index (χ0v) is 23.5. The molecule has 1 amide bonds. The molecule has 0 fully saturated rings. The van der Waals surface area contributed by atoms with Crippen LogP contribution >= 0.6 is 46.3 Å². The average Bonchev–Trinajstić information content (AvgIpc) is 3.47. The Bertz CT molecular complexity index is 1480. The number of hydrogen-bond acceptors (Lipinski definition) is 8. The monoisotopic (exact) mass is 594 g/mol. The highest BCUT2D eigenvalue weighted by Gasteiger charge is 2.23. The lowest BCUT2D eigenvalue weighted by Gasteiger charge is -2.15. The van der Waals surface area contributed by atoms with Gasteiger partial charge in [0.05, 0.1) is 17.9 Å². The number of carbonyl (C=O) groups excluding carboxylic acids is 2. The van der Waals surface area contributed by atoms with E-state index in [1.54, 1.807) is 48.2 Å². The van der Waals surface area contributed by atoms with Gasteiger partial charge in [0, 0.05) is 23.0 Å². The van der Waals surface area contributed by atoms with Gasteiger partial charge in [-0.15, -0.1) is 21.5 Å². The number of aromatic nitrogens is 3. The Morgan fingerprint density at radius 2 is 1.92 bits per heavy atom. The Hall–Kier alpha value is -3.12. The van der Waals surface area contributed by atoms with Crippen molar-refractivity contribution in [3.63, 3.8) is 0 Å². The smallest absolute Gasteiger partial charge is 0.341 e. The van der Waals surface area contributed by atoms with Crippen LogP contribution in [-0.4, -0.2) is 39.5 Å². The first-order valence-electron chi connectivity index (χ1n) is 11.1. The molecule has 198 valence electrons. The number of hydrogen-bond donors (Lipinski definition) is 1. The number of nitrogens with one attached hydrogen (secondary N) is 1. The highest BCUT2D eigenvalue weighted by molar-refractivity contribution is 7.99. The highest BCUT2D eigenvalue weighted by atomic mass is 35.5. The molecule has 0 saturated carbocycles.